The minimum atomic E-state index is -0.444. The first-order valence-corrected chi connectivity index (χ1v) is 10.9. The van der Waals surface area contributed by atoms with Crippen molar-refractivity contribution in [1.29, 1.82) is 0 Å². The Bertz CT molecular complexity index is 1410. The number of aryl methyl sites for hydroxylation is 1. The molecule has 0 aliphatic carbocycles. The molecule has 7 nitrogen and oxygen atoms in total. The Morgan fingerprint density at radius 1 is 1.03 bits per heavy atom. The second-order valence-corrected chi connectivity index (χ2v) is 8.21. The van der Waals surface area contributed by atoms with Crippen molar-refractivity contribution in [2.24, 2.45) is 0 Å². The van der Waals surface area contributed by atoms with Crippen molar-refractivity contribution in [3.8, 4) is 17.2 Å². The van der Waals surface area contributed by atoms with Gasteiger partial charge in [-0.15, -0.1) is 0 Å². The highest BCUT2D eigenvalue weighted by Gasteiger charge is 2.23. The fraction of sp³-hybridized carbons (Fsp3) is 0.185. The van der Waals surface area contributed by atoms with Gasteiger partial charge in [0.2, 0.25) is 11.2 Å². The van der Waals surface area contributed by atoms with Gasteiger partial charge in [-0.1, -0.05) is 29.8 Å². The lowest BCUT2D eigenvalue weighted by atomic mass is 10.1. The summed E-state index contributed by atoms with van der Waals surface area (Å²) >= 11 is 0. The highest BCUT2D eigenvalue weighted by atomic mass is 16.5. The van der Waals surface area contributed by atoms with Crippen LogP contribution >= 0.6 is 0 Å². The fourth-order valence-corrected chi connectivity index (χ4v) is 3.96. The molecule has 1 aliphatic rings. The predicted molar refractivity (Wildman–Crippen MR) is 126 cm³/mol. The van der Waals surface area contributed by atoms with E-state index in [4.69, 9.17) is 18.6 Å². The molecule has 0 unspecified atom stereocenters. The van der Waals surface area contributed by atoms with E-state index in [0.29, 0.717) is 41.3 Å². The summed E-state index contributed by atoms with van der Waals surface area (Å²) in [5, 5.41) is 0.420. The topological polar surface area (TPSA) is 78.2 Å². The van der Waals surface area contributed by atoms with E-state index in [0.717, 1.165) is 12.1 Å². The highest BCUT2D eigenvalue weighted by molar-refractivity contribution is 5.89. The second kappa shape index (κ2) is 9.03. The van der Waals surface area contributed by atoms with Crippen LogP contribution in [-0.4, -0.2) is 24.7 Å². The number of rotatable bonds is 5. The molecular formula is C27H23NO6. The minimum absolute atomic E-state index is 0.0616. The summed E-state index contributed by atoms with van der Waals surface area (Å²) in [5.41, 5.74) is 3.84. The van der Waals surface area contributed by atoms with Crippen LogP contribution in [0.3, 0.4) is 0 Å². The molecule has 34 heavy (non-hydrogen) atoms. The van der Waals surface area contributed by atoms with Gasteiger partial charge in [-0.05, 0) is 48.9 Å². The van der Waals surface area contributed by atoms with E-state index in [-0.39, 0.29) is 11.2 Å². The third kappa shape index (κ3) is 4.25. The lowest BCUT2D eigenvalue weighted by Gasteiger charge is -2.29. The zero-order valence-electron chi connectivity index (χ0n) is 18.9. The van der Waals surface area contributed by atoms with E-state index < -0.39 is 5.97 Å². The molecule has 0 radical (unpaired) electrons. The molecule has 7 heteroatoms. The first-order chi connectivity index (χ1) is 16.5. The standard InChI is InChI=1S/C27H23NO6/c1-17-3-5-18(6-4-17)13-28-14-22-23(33-16-28)12-11-21-25(29)24(15-32-26(21)22)34-20-9-7-19(8-10-20)27(30)31-2/h3-12,15H,13-14,16H2,1-2H3. The Labute approximate surface area is 196 Å². The quantitative estimate of drug-likeness (QED) is 0.389. The molecule has 0 spiro atoms. The number of hydrogen-bond acceptors (Lipinski definition) is 7. The van der Waals surface area contributed by atoms with Crippen molar-refractivity contribution in [3.05, 3.63) is 99.4 Å². The summed E-state index contributed by atoms with van der Waals surface area (Å²) < 4.78 is 22.3. The number of esters is 1. The third-order valence-electron chi connectivity index (χ3n) is 5.78. The Kier molecular flexibility index (Phi) is 5.77. The maximum absolute atomic E-state index is 13.1. The molecular weight excluding hydrogens is 434 g/mol. The van der Waals surface area contributed by atoms with Gasteiger partial charge in [0, 0.05) is 13.1 Å². The SMILES string of the molecule is COC(=O)c1ccc(Oc2coc3c4c(ccc3c2=O)OCN(Cc2ccc(C)cc2)C4)cc1. The number of methoxy groups -OCH3 is 1. The fourth-order valence-electron chi connectivity index (χ4n) is 3.96. The maximum atomic E-state index is 13.1. The van der Waals surface area contributed by atoms with Crippen molar-refractivity contribution in [2.45, 2.75) is 20.0 Å². The van der Waals surface area contributed by atoms with Crippen LogP contribution in [0, 0.1) is 6.92 Å². The van der Waals surface area contributed by atoms with Crippen LogP contribution in [0.25, 0.3) is 11.0 Å². The summed E-state index contributed by atoms with van der Waals surface area (Å²) in [6.45, 7) is 3.84. The molecule has 0 saturated heterocycles. The number of nitrogens with zero attached hydrogens (tertiary/aromatic N) is 1. The zero-order valence-corrected chi connectivity index (χ0v) is 18.9. The van der Waals surface area contributed by atoms with E-state index in [1.807, 2.05) is 0 Å². The Hall–Kier alpha value is -4.10. The van der Waals surface area contributed by atoms with Crippen LogP contribution in [0.4, 0.5) is 0 Å². The molecule has 0 fully saturated rings. The third-order valence-corrected chi connectivity index (χ3v) is 5.78. The smallest absolute Gasteiger partial charge is 0.337 e. The van der Waals surface area contributed by atoms with Gasteiger partial charge < -0.3 is 18.6 Å². The van der Waals surface area contributed by atoms with Crippen molar-refractivity contribution in [1.82, 2.24) is 4.90 Å². The van der Waals surface area contributed by atoms with Gasteiger partial charge in [0.15, 0.2) is 0 Å². The van der Waals surface area contributed by atoms with Gasteiger partial charge in [-0.3, -0.25) is 9.69 Å². The Balaban J connectivity index is 1.40. The number of fused-ring (bicyclic) bond motifs is 3. The van der Waals surface area contributed by atoms with Gasteiger partial charge in [0.05, 0.1) is 23.6 Å². The van der Waals surface area contributed by atoms with E-state index >= 15 is 0 Å². The predicted octanol–water partition coefficient (Wildman–Crippen LogP) is 5.03. The summed E-state index contributed by atoms with van der Waals surface area (Å²) in [4.78, 5) is 26.9. The zero-order chi connectivity index (χ0) is 23.7. The molecule has 3 aromatic carbocycles. The van der Waals surface area contributed by atoms with Crippen LogP contribution in [0.2, 0.25) is 0 Å². The molecule has 172 valence electrons. The van der Waals surface area contributed by atoms with Gasteiger partial charge in [0.1, 0.15) is 30.1 Å². The van der Waals surface area contributed by atoms with Crippen molar-refractivity contribution >= 4 is 16.9 Å². The van der Waals surface area contributed by atoms with Gasteiger partial charge >= 0.3 is 5.97 Å². The number of carbonyl (C=O) groups excluding carboxylic acids is 1. The van der Waals surface area contributed by atoms with Gasteiger partial charge in [-0.25, -0.2) is 4.79 Å². The van der Waals surface area contributed by atoms with E-state index in [1.54, 1.807) is 36.4 Å². The Morgan fingerprint density at radius 2 is 1.79 bits per heavy atom. The molecule has 0 atom stereocenters. The van der Waals surface area contributed by atoms with Crippen LogP contribution in [0.15, 0.2) is 76.1 Å². The molecule has 0 N–H and O–H groups in total. The highest BCUT2D eigenvalue weighted by Crippen LogP contribution is 2.33. The number of ether oxygens (including phenoxy) is 3. The molecule has 0 bridgehead atoms. The average Bonchev–Trinajstić information content (AvgIpc) is 2.87. The monoisotopic (exact) mass is 457 g/mol. The first kappa shape index (κ1) is 21.7. The molecule has 1 aliphatic heterocycles. The lowest BCUT2D eigenvalue weighted by Crippen LogP contribution is -2.31. The van der Waals surface area contributed by atoms with Crippen LogP contribution in [0.5, 0.6) is 17.2 Å². The Morgan fingerprint density at radius 3 is 2.53 bits per heavy atom. The summed E-state index contributed by atoms with van der Waals surface area (Å²) in [7, 11) is 1.32. The molecule has 2 heterocycles. The first-order valence-electron chi connectivity index (χ1n) is 10.9. The lowest BCUT2D eigenvalue weighted by molar-refractivity contribution is 0.0600. The number of benzene rings is 3. The maximum Gasteiger partial charge on any atom is 0.337 e. The van der Waals surface area contributed by atoms with Crippen molar-refractivity contribution < 1.29 is 23.4 Å². The second-order valence-electron chi connectivity index (χ2n) is 8.21. The van der Waals surface area contributed by atoms with Crippen LogP contribution in [0.1, 0.15) is 27.0 Å². The minimum Gasteiger partial charge on any atom is -0.478 e. The van der Waals surface area contributed by atoms with Crippen molar-refractivity contribution in [3.63, 3.8) is 0 Å². The molecule has 0 saturated carbocycles. The van der Waals surface area contributed by atoms with Gasteiger partial charge in [-0.2, -0.15) is 0 Å². The number of carbonyl (C=O) groups is 1. The normalized spacial score (nSPS) is 13.2. The molecule has 4 aromatic rings. The van der Waals surface area contributed by atoms with E-state index in [2.05, 4.69) is 36.1 Å². The van der Waals surface area contributed by atoms with Gasteiger partial charge in [0.25, 0.3) is 0 Å². The summed E-state index contributed by atoms with van der Waals surface area (Å²) in [5.74, 6) is 0.736. The molecule has 0 amide bonds. The van der Waals surface area contributed by atoms with Crippen LogP contribution < -0.4 is 14.9 Å². The largest absolute Gasteiger partial charge is 0.478 e. The van der Waals surface area contributed by atoms with Crippen molar-refractivity contribution in [2.75, 3.05) is 13.8 Å². The van der Waals surface area contributed by atoms with Crippen LogP contribution in [-0.2, 0) is 17.8 Å². The summed E-state index contributed by atoms with van der Waals surface area (Å²) in [6, 6.07) is 18.2. The average molecular weight is 457 g/mol. The molecule has 5 rings (SSSR count). The summed E-state index contributed by atoms with van der Waals surface area (Å²) in [6.07, 6.45) is 1.32. The number of hydrogen-bond donors (Lipinski definition) is 0. The van der Waals surface area contributed by atoms with E-state index in [9.17, 15) is 9.59 Å². The van der Waals surface area contributed by atoms with E-state index in [1.165, 1.54) is 24.5 Å². The molecule has 1 aromatic heterocycles.